The lowest BCUT2D eigenvalue weighted by Gasteiger charge is -2.02. The molecule has 1 N–H and O–H groups in total. The van der Waals surface area contributed by atoms with E-state index < -0.39 is 0 Å². The Morgan fingerprint density at radius 1 is 0.905 bits per heavy atom. The minimum atomic E-state index is 0.832. The van der Waals surface area contributed by atoms with Gasteiger partial charge in [-0.15, -0.1) is 0 Å². The second-order valence-electron chi connectivity index (χ2n) is 5.51. The Bertz CT molecular complexity index is 935. The molecule has 21 heavy (non-hydrogen) atoms. The number of nitrogens with zero attached hydrogens (tertiary/aromatic N) is 1. The van der Waals surface area contributed by atoms with Crippen molar-refractivity contribution in [1.82, 2.24) is 9.97 Å². The summed E-state index contributed by atoms with van der Waals surface area (Å²) >= 11 is 0. The van der Waals surface area contributed by atoms with E-state index in [1.165, 1.54) is 21.9 Å². The Balaban J connectivity index is 1.73. The zero-order valence-corrected chi connectivity index (χ0v) is 11.9. The molecule has 0 radical (unpaired) electrons. The maximum absolute atomic E-state index is 4.73. The van der Waals surface area contributed by atoms with Crippen LogP contribution in [0.15, 0.2) is 60.7 Å². The molecule has 0 aliphatic rings. The summed E-state index contributed by atoms with van der Waals surface area (Å²) in [4.78, 5) is 8.15. The molecule has 2 heteroatoms. The third kappa shape index (κ3) is 2.19. The largest absolute Gasteiger partial charge is 0.342 e. The lowest BCUT2D eigenvalue weighted by Crippen LogP contribution is -1.90. The first-order chi connectivity index (χ1) is 10.3. The number of aromatic amines is 1. The number of benzene rings is 3. The molecule has 4 aromatic rings. The van der Waals surface area contributed by atoms with E-state index >= 15 is 0 Å². The maximum Gasteiger partial charge on any atom is 0.111 e. The molecule has 0 saturated carbocycles. The van der Waals surface area contributed by atoms with Crippen molar-refractivity contribution < 1.29 is 0 Å². The van der Waals surface area contributed by atoms with Gasteiger partial charge in [0.25, 0.3) is 0 Å². The highest BCUT2D eigenvalue weighted by atomic mass is 14.9. The van der Waals surface area contributed by atoms with Gasteiger partial charge in [-0.2, -0.15) is 0 Å². The van der Waals surface area contributed by atoms with Gasteiger partial charge >= 0.3 is 0 Å². The Morgan fingerprint density at radius 2 is 1.76 bits per heavy atom. The Kier molecular flexibility index (Phi) is 2.74. The van der Waals surface area contributed by atoms with Crippen molar-refractivity contribution in [2.24, 2.45) is 0 Å². The van der Waals surface area contributed by atoms with Crippen molar-refractivity contribution in [2.45, 2.75) is 13.3 Å². The van der Waals surface area contributed by atoms with Crippen LogP contribution in [0.2, 0.25) is 0 Å². The summed E-state index contributed by atoms with van der Waals surface area (Å²) < 4.78 is 0. The van der Waals surface area contributed by atoms with Gasteiger partial charge in [0.1, 0.15) is 5.82 Å². The molecular weight excluding hydrogens is 256 g/mol. The highest BCUT2D eigenvalue weighted by Crippen LogP contribution is 2.20. The molecule has 1 heterocycles. The number of imidazole rings is 1. The molecule has 2 nitrogen and oxygen atoms in total. The van der Waals surface area contributed by atoms with Crippen molar-refractivity contribution in [3.05, 3.63) is 77.6 Å². The molecule has 0 spiro atoms. The van der Waals surface area contributed by atoms with E-state index in [0.29, 0.717) is 0 Å². The van der Waals surface area contributed by atoms with Crippen molar-refractivity contribution in [3.8, 4) is 0 Å². The topological polar surface area (TPSA) is 28.7 Å². The van der Waals surface area contributed by atoms with Crippen LogP contribution in [-0.4, -0.2) is 9.97 Å². The molecule has 0 aliphatic heterocycles. The number of aromatic nitrogens is 2. The van der Waals surface area contributed by atoms with Gasteiger partial charge in [0, 0.05) is 6.42 Å². The molecule has 0 amide bonds. The van der Waals surface area contributed by atoms with Crippen LogP contribution in [0.4, 0.5) is 0 Å². The van der Waals surface area contributed by atoms with Crippen LogP contribution in [0.1, 0.15) is 17.0 Å². The number of para-hydroxylation sites is 1. The molecule has 0 unspecified atom stereocenters. The van der Waals surface area contributed by atoms with Gasteiger partial charge in [0.15, 0.2) is 0 Å². The monoisotopic (exact) mass is 272 g/mol. The van der Waals surface area contributed by atoms with Gasteiger partial charge in [-0.05, 0) is 34.9 Å². The average molecular weight is 272 g/mol. The van der Waals surface area contributed by atoms with Crippen LogP contribution >= 0.6 is 0 Å². The van der Waals surface area contributed by atoms with E-state index in [1.54, 1.807) is 0 Å². The van der Waals surface area contributed by atoms with Crippen LogP contribution in [0.3, 0.4) is 0 Å². The second-order valence-corrected chi connectivity index (χ2v) is 5.51. The number of aryl methyl sites for hydroxylation is 1. The van der Waals surface area contributed by atoms with Crippen LogP contribution in [0.25, 0.3) is 21.8 Å². The molecule has 0 saturated heterocycles. The smallest absolute Gasteiger partial charge is 0.111 e. The molecule has 1 aromatic heterocycles. The Labute approximate surface area is 123 Å². The molecule has 102 valence electrons. The third-order valence-corrected chi connectivity index (χ3v) is 3.95. The average Bonchev–Trinajstić information content (AvgIpc) is 2.91. The van der Waals surface area contributed by atoms with Crippen molar-refractivity contribution in [2.75, 3.05) is 0 Å². The van der Waals surface area contributed by atoms with Gasteiger partial charge in [-0.1, -0.05) is 54.6 Å². The first kappa shape index (κ1) is 12.2. The van der Waals surface area contributed by atoms with Crippen LogP contribution in [0, 0.1) is 6.92 Å². The quantitative estimate of drug-likeness (QED) is 0.567. The predicted octanol–water partition coefficient (Wildman–Crippen LogP) is 4.62. The summed E-state index contributed by atoms with van der Waals surface area (Å²) in [6.45, 7) is 2.10. The molecule has 0 atom stereocenters. The van der Waals surface area contributed by atoms with Crippen LogP contribution < -0.4 is 0 Å². The van der Waals surface area contributed by atoms with Gasteiger partial charge < -0.3 is 4.98 Å². The van der Waals surface area contributed by atoms with Crippen LogP contribution in [0.5, 0.6) is 0 Å². The van der Waals surface area contributed by atoms with Crippen molar-refractivity contribution in [3.63, 3.8) is 0 Å². The summed E-state index contributed by atoms with van der Waals surface area (Å²) in [6, 6.07) is 21.3. The first-order valence-corrected chi connectivity index (χ1v) is 7.21. The zero-order chi connectivity index (χ0) is 14.2. The number of nitrogens with one attached hydrogen (secondary N) is 1. The third-order valence-electron chi connectivity index (χ3n) is 3.95. The number of hydrogen-bond donors (Lipinski definition) is 1. The first-order valence-electron chi connectivity index (χ1n) is 7.21. The normalized spacial score (nSPS) is 11.3. The van der Waals surface area contributed by atoms with E-state index in [-0.39, 0.29) is 0 Å². The molecule has 3 aromatic carbocycles. The maximum atomic E-state index is 4.73. The summed E-state index contributed by atoms with van der Waals surface area (Å²) in [5.41, 5.74) is 4.69. The molecule has 4 rings (SSSR count). The minimum Gasteiger partial charge on any atom is -0.342 e. The van der Waals surface area contributed by atoms with Gasteiger partial charge in [-0.3, -0.25) is 0 Å². The fourth-order valence-electron chi connectivity index (χ4n) is 2.85. The van der Waals surface area contributed by atoms with Crippen molar-refractivity contribution in [1.29, 1.82) is 0 Å². The lowest BCUT2D eigenvalue weighted by atomic mass is 10.1. The van der Waals surface area contributed by atoms with Crippen LogP contribution in [-0.2, 0) is 6.42 Å². The summed E-state index contributed by atoms with van der Waals surface area (Å²) in [7, 11) is 0. The Morgan fingerprint density at radius 3 is 2.62 bits per heavy atom. The summed E-state index contributed by atoms with van der Waals surface area (Å²) in [5, 5.41) is 2.56. The van der Waals surface area contributed by atoms with Gasteiger partial charge in [-0.25, -0.2) is 4.98 Å². The van der Waals surface area contributed by atoms with Crippen molar-refractivity contribution >= 4 is 21.8 Å². The fourth-order valence-corrected chi connectivity index (χ4v) is 2.85. The second kappa shape index (κ2) is 4.74. The standard InChI is InChI=1S/C19H16N2/c1-13-5-4-8-17-19(13)21-18(20-17)12-14-9-10-15-6-2-3-7-16(15)11-14/h2-11H,12H2,1H3,(H,20,21). The summed E-state index contributed by atoms with van der Waals surface area (Å²) in [5.74, 6) is 1.02. The van der Waals surface area contributed by atoms with E-state index in [4.69, 9.17) is 4.98 Å². The summed E-state index contributed by atoms with van der Waals surface area (Å²) in [6.07, 6.45) is 0.832. The number of hydrogen-bond acceptors (Lipinski definition) is 1. The highest BCUT2D eigenvalue weighted by Gasteiger charge is 2.06. The van der Waals surface area contributed by atoms with E-state index in [0.717, 1.165) is 23.3 Å². The van der Waals surface area contributed by atoms with E-state index in [9.17, 15) is 0 Å². The number of H-pyrrole nitrogens is 1. The Hall–Kier alpha value is -2.61. The SMILES string of the molecule is Cc1cccc2[nH]c(Cc3ccc4ccccc4c3)nc12. The lowest BCUT2D eigenvalue weighted by molar-refractivity contribution is 1.04. The predicted molar refractivity (Wildman–Crippen MR) is 87.6 cm³/mol. The molecule has 0 aliphatic carbocycles. The highest BCUT2D eigenvalue weighted by molar-refractivity contribution is 5.83. The zero-order valence-electron chi connectivity index (χ0n) is 11.9. The number of fused-ring (bicyclic) bond motifs is 2. The van der Waals surface area contributed by atoms with Gasteiger partial charge in [0.05, 0.1) is 11.0 Å². The minimum absolute atomic E-state index is 0.832. The van der Waals surface area contributed by atoms with Gasteiger partial charge in [0.2, 0.25) is 0 Å². The number of rotatable bonds is 2. The molecule has 0 fully saturated rings. The fraction of sp³-hybridized carbons (Fsp3) is 0.105. The van der Waals surface area contributed by atoms with E-state index in [1.807, 2.05) is 0 Å². The molecular formula is C19H16N2. The molecule has 0 bridgehead atoms. The van der Waals surface area contributed by atoms with E-state index in [2.05, 4.69) is 72.6 Å².